The molecule has 1 aliphatic heterocycles. The number of fused-ring (bicyclic) bond motifs is 5. The summed E-state index contributed by atoms with van der Waals surface area (Å²) in [7, 11) is 1.88. The third-order valence-electron chi connectivity index (χ3n) is 7.90. The fourth-order valence-electron chi connectivity index (χ4n) is 6.69. The Morgan fingerprint density at radius 2 is 2.00 bits per heavy atom. The molecule has 2 saturated carbocycles. The molecule has 4 heteroatoms. The Kier molecular flexibility index (Phi) is 3.28. The van der Waals surface area contributed by atoms with Gasteiger partial charge in [0, 0.05) is 24.6 Å². The highest BCUT2D eigenvalue weighted by molar-refractivity contribution is 5.79. The third kappa shape index (κ3) is 1.88. The number of nitrogens with zero attached hydrogens (tertiary/aromatic N) is 1. The Bertz CT molecular complexity index is 573. The average molecular weight is 319 g/mol. The zero-order valence-corrected chi connectivity index (χ0v) is 14.5. The number of hydrogen-bond donors (Lipinski definition) is 2. The van der Waals surface area contributed by atoms with Gasteiger partial charge in [0.15, 0.2) is 0 Å². The number of allylic oxidation sites excluding steroid dienone is 2. The number of rotatable bonds is 0. The predicted molar refractivity (Wildman–Crippen MR) is 87.3 cm³/mol. The van der Waals surface area contributed by atoms with Crippen molar-refractivity contribution < 1.29 is 15.0 Å². The van der Waals surface area contributed by atoms with Gasteiger partial charge in [0.1, 0.15) is 0 Å². The van der Waals surface area contributed by atoms with Crippen LogP contribution in [0, 0.1) is 28.6 Å². The quantitative estimate of drug-likeness (QED) is 0.720. The summed E-state index contributed by atoms with van der Waals surface area (Å²) in [6.07, 6.45) is 6.56. The van der Waals surface area contributed by atoms with Gasteiger partial charge in [-0.05, 0) is 55.3 Å². The van der Waals surface area contributed by atoms with Gasteiger partial charge in [0.05, 0.1) is 12.2 Å². The molecule has 3 fully saturated rings. The van der Waals surface area contributed by atoms with Crippen LogP contribution in [-0.4, -0.2) is 40.3 Å². The number of carbonyl (C=O) groups is 1. The molecule has 3 aliphatic carbocycles. The molecule has 1 amide bonds. The van der Waals surface area contributed by atoms with E-state index in [1.807, 2.05) is 11.9 Å². The molecular weight excluding hydrogens is 290 g/mol. The van der Waals surface area contributed by atoms with Crippen LogP contribution in [0.1, 0.15) is 52.4 Å². The molecule has 1 saturated heterocycles. The van der Waals surface area contributed by atoms with E-state index in [4.69, 9.17) is 0 Å². The van der Waals surface area contributed by atoms with E-state index in [0.29, 0.717) is 24.7 Å². The molecule has 4 rings (SSSR count). The van der Waals surface area contributed by atoms with Crippen LogP contribution in [-0.2, 0) is 4.79 Å². The van der Waals surface area contributed by atoms with Crippen molar-refractivity contribution in [2.45, 2.75) is 64.6 Å². The van der Waals surface area contributed by atoms with Gasteiger partial charge < -0.3 is 15.1 Å². The predicted octanol–water partition coefficient (Wildman–Crippen LogP) is 2.31. The van der Waals surface area contributed by atoms with Crippen LogP contribution >= 0.6 is 0 Å². The van der Waals surface area contributed by atoms with Crippen molar-refractivity contribution in [3.05, 3.63) is 11.8 Å². The molecule has 0 bridgehead atoms. The molecule has 7 atom stereocenters. The molecule has 4 aliphatic rings. The summed E-state index contributed by atoms with van der Waals surface area (Å²) < 4.78 is 0. The van der Waals surface area contributed by atoms with Gasteiger partial charge in [0.2, 0.25) is 5.91 Å². The molecule has 1 heterocycles. The van der Waals surface area contributed by atoms with Crippen molar-refractivity contribution in [3.8, 4) is 0 Å². The Morgan fingerprint density at radius 1 is 1.26 bits per heavy atom. The summed E-state index contributed by atoms with van der Waals surface area (Å²) in [5.74, 6) is 1.32. The van der Waals surface area contributed by atoms with E-state index >= 15 is 0 Å². The second-order valence-electron chi connectivity index (χ2n) is 8.86. The molecule has 0 spiro atoms. The maximum absolute atomic E-state index is 12.1. The van der Waals surface area contributed by atoms with E-state index < -0.39 is 0 Å². The SMILES string of the molecule is CN1C(=O)CCC2(C)C1=CCC1C2[C@@H](O)CC2(C)C1CC[C@@H]2O. The molecule has 0 aromatic carbocycles. The number of aliphatic hydroxyl groups is 2. The average Bonchev–Trinajstić information content (AvgIpc) is 2.78. The number of likely N-dealkylation sites (tertiary alicyclic amines) is 1. The highest BCUT2D eigenvalue weighted by Crippen LogP contribution is 2.64. The highest BCUT2D eigenvalue weighted by Gasteiger charge is 2.62. The maximum Gasteiger partial charge on any atom is 0.226 e. The summed E-state index contributed by atoms with van der Waals surface area (Å²) in [6.45, 7) is 4.42. The molecule has 128 valence electrons. The largest absolute Gasteiger partial charge is 0.393 e. The summed E-state index contributed by atoms with van der Waals surface area (Å²) in [4.78, 5) is 13.9. The highest BCUT2D eigenvalue weighted by atomic mass is 16.3. The Morgan fingerprint density at radius 3 is 2.74 bits per heavy atom. The molecule has 4 nitrogen and oxygen atoms in total. The van der Waals surface area contributed by atoms with Crippen LogP contribution in [0.3, 0.4) is 0 Å². The summed E-state index contributed by atoms with van der Waals surface area (Å²) in [6, 6.07) is 0. The van der Waals surface area contributed by atoms with Crippen LogP contribution < -0.4 is 0 Å². The summed E-state index contributed by atoms with van der Waals surface area (Å²) in [5.41, 5.74) is 0.870. The fraction of sp³-hybridized carbons (Fsp3) is 0.842. The van der Waals surface area contributed by atoms with Gasteiger partial charge in [-0.3, -0.25) is 4.79 Å². The van der Waals surface area contributed by atoms with E-state index in [1.54, 1.807) is 0 Å². The Balaban J connectivity index is 1.76. The van der Waals surface area contributed by atoms with Crippen molar-refractivity contribution in [1.82, 2.24) is 4.90 Å². The van der Waals surface area contributed by atoms with Crippen LogP contribution in [0.4, 0.5) is 0 Å². The Labute approximate surface area is 138 Å². The first-order valence-corrected chi connectivity index (χ1v) is 9.12. The lowest BCUT2D eigenvalue weighted by atomic mass is 9.48. The molecule has 23 heavy (non-hydrogen) atoms. The van der Waals surface area contributed by atoms with E-state index in [-0.39, 0.29) is 34.9 Å². The van der Waals surface area contributed by atoms with Crippen LogP contribution in [0.5, 0.6) is 0 Å². The molecule has 0 aromatic rings. The standard InChI is InChI=1S/C19H29NO3/c1-18-9-8-16(23)20(3)14(18)6-4-11-12-5-7-15(22)19(12,2)10-13(21)17(11)18/h6,11-13,15,17,21-22H,4-5,7-10H2,1-3H3/t11?,12?,13-,15-,17?,18?,19?/m0/s1. The lowest BCUT2D eigenvalue weighted by molar-refractivity contribution is -0.151. The van der Waals surface area contributed by atoms with Crippen LogP contribution in [0.15, 0.2) is 11.8 Å². The lowest BCUT2D eigenvalue weighted by Gasteiger charge is -2.59. The number of hydrogen-bond acceptors (Lipinski definition) is 3. The number of amides is 1. The second kappa shape index (κ2) is 4.82. The van der Waals surface area contributed by atoms with Crippen LogP contribution in [0.25, 0.3) is 0 Å². The second-order valence-corrected chi connectivity index (χ2v) is 8.86. The first kappa shape index (κ1) is 15.6. The number of carbonyl (C=O) groups excluding carboxylic acids is 1. The molecule has 0 aromatic heterocycles. The van der Waals surface area contributed by atoms with E-state index in [9.17, 15) is 15.0 Å². The maximum atomic E-state index is 12.1. The topological polar surface area (TPSA) is 60.8 Å². The minimum absolute atomic E-state index is 0.111. The van der Waals surface area contributed by atoms with Crippen molar-refractivity contribution in [2.75, 3.05) is 7.05 Å². The van der Waals surface area contributed by atoms with Gasteiger partial charge in [0.25, 0.3) is 0 Å². The third-order valence-corrected chi connectivity index (χ3v) is 7.90. The minimum Gasteiger partial charge on any atom is -0.393 e. The zero-order valence-electron chi connectivity index (χ0n) is 14.5. The smallest absolute Gasteiger partial charge is 0.226 e. The Hall–Kier alpha value is -0.870. The summed E-state index contributed by atoms with van der Waals surface area (Å²) >= 11 is 0. The fourth-order valence-corrected chi connectivity index (χ4v) is 6.69. The van der Waals surface area contributed by atoms with E-state index in [0.717, 1.165) is 31.4 Å². The first-order chi connectivity index (χ1) is 10.8. The first-order valence-electron chi connectivity index (χ1n) is 9.12. The van der Waals surface area contributed by atoms with E-state index in [1.165, 1.54) is 0 Å². The van der Waals surface area contributed by atoms with Gasteiger partial charge in [-0.1, -0.05) is 19.9 Å². The molecule has 5 unspecified atom stereocenters. The van der Waals surface area contributed by atoms with Gasteiger partial charge in [-0.15, -0.1) is 0 Å². The van der Waals surface area contributed by atoms with Gasteiger partial charge >= 0.3 is 0 Å². The molecule has 0 radical (unpaired) electrons. The molecular formula is C19H29NO3. The number of piperidine rings is 1. The van der Waals surface area contributed by atoms with Crippen molar-refractivity contribution in [1.29, 1.82) is 0 Å². The van der Waals surface area contributed by atoms with Gasteiger partial charge in [-0.25, -0.2) is 0 Å². The van der Waals surface area contributed by atoms with Crippen molar-refractivity contribution >= 4 is 5.91 Å². The monoisotopic (exact) mass is 319 g/mol. The van der Waals surface area contributed by atoms with Crippen molar-refractivity contribution in [3.63, 3.8) is 0 Å². The summed E-state index contributed by atoms with van der Waals surface area (Å²) in [5, 5.41) is 21.5. The van der Waals surface area contributed by atoms with Gasteiger partial charge in [-0.2, -0.15) is 0 Å². The lowest BCUT2D eigenvalue weighted by Crippen LogP contribution is -2.58. The zero-order chi connectivity index (χ0) is 16.6. The molecule has 2 N–H and O–H groups in total. The van der Waals surface area contributed by atoms with Crippen LogP contribution in [0.2, 0.25) is 0 Å². The minimum atomic E-state index is -0.385. The normalized spacial score (nSPS) is 52.6. The van der Waals surface area contributed by atoms with Crippen molar-refractivity contribution in [2.24, 2.45) is 28.6 Å². The number of aliphatic hydroxyl groups excluding tert-OH is 2. The van der Waals surface area contributed by atoms with E-state index in [2.05, 4.69) is 19.9 Å².